The molecule has 0 aromatic heterocycles. The summed E-state index contributed by atoms with van der Waals surface area (Å²) in [6, 6.07) is 0. The highest BCUT2D eigenvalue weighted by Crippen LogP contribution is 2.69. The molecule has 0 heterocycles. The zero-order chi connectivity index (χ0) is 37.6. The lowest BCUT2D eigenvalue weighted by Crippen LogP contribution is -2.63. The third kappa shape index (κ3) is 10.6. The highest BCUT2D eigenvalue weighted by molar-refractivity contribution is 5.86. The van der Waals surface area contributed by atoms with E-state index in [1.54, 1.807) is 0 Å². The third-order valence-electron chi connectivity index (χ3n) is 14.8. The van der Waals surface area contributed by atoms with Gasteiger partial charge in [-0.05, 0) is 150 Å². The van der Waals surface area contributed by atoms with Crippen molar-refractivity contribution in [2.75, 3.05) is 52.5 Å². The number of fused-ring (bicyclic) bond motifs is 5. The zero-order valence-corrected chi connectivity index (χ0v) is 34.2. The molecule has 52 heavy (non-hydrogen) atoms. The average molecular weight is 731 g/mol. The summed E-state index contributed by atoms with van der Waals surface area (Å²) in [6.07, 6.45) is 22.9. The van der Waals surface area contributed by atoms with E-state index in [9.17, 15) is 4.79 Å². The normalized spacial score (nSPS) is 34.7. The molecule has 8 nitrogen and oxygen atoms in total. The first-order chi connectivity index (χ1) is 25.2. The van der Waals surface area contributed by atoms with Gasteiger partial charge in [0, 0.05) is 38.3 Å². The number of hydrogen-bond acceptors (Lipinski definition) is 7. The second kappa shape index (κ2) is 21.9. The fourth-order valence-electron chi connectivity index (χ4n) is 11.9. The first kappa shape index (κ1) is 43.7. The summed E-state index contributed by atoms with van der Waals surface area (Å²) in [5.41, 5.74) is 18.2. The average Bonchev–Trinajstić information content (AvgIpc) is 3.50. The highest BCUT2D eigenvalue weighted by Gasteiger charge is 2.66. The number of ether oxygens (including phenoxy) is 3. The molecule has 4 fully saturated rings. The lowest BCUT2D eigenvalue weighted by atomic mass is 9.43. The molecular weight excluding hydrogens is 649 g/mol. The number of nitrogens with two attached hydrogens (primary N) is 3. The molecule has 0 spiro atoms. The molecule has 4 aliphatic carbocycles. The standard InChI is InChI=1S/C44H82N4O4/c1-6-8-9-10-11-12-25-48(41(49)7-2)26-13-17-33(3)36-18-19-37-42-38(32-40(44(36,37)5)52-29-16-24-47)43(4)21-20-35(50-27-14-22-45)30-34(43)31-39(42)51-28-15-23-46/h7,33-40,42H,2,6,8-32,45-47H2,1,3-5H3/t33-,34?,35-,36-,37+,38+,39?,40+,42?,43+,44-/m1/s1. The summed E-state index contributed by atoms with van der Waals surface area (Å²) in [6.45, 7) is 19.8. The van der Waals surface area contributed by atoms with E-state index in [-0.39, 0.29) is 28.9 Å². The maximum absolute atomic E-state index is 12.8. The molecule has 0 aromatic carbocycles. The smallest absolute Gasteiger partial charge is 0.245 e. The van der Waals surface area contributed by atoms with E-state index in [0.717, 1.165) is 97.1 Å². The largest absolute Gasteiger partial charge is 0.378 e. The molecule has 1 amide bonds. The quantitative estimate of drug-likeness (QED) is 0.0645. The van der Waals surface area contributed by atoms with Crippen LogP contribution < -0.4 is 17.2 Å². The van der Waals surface area contributed by atoms with Crippen molar-refractivity contribution >= 4 is 5.91 Å². The van der Waals surface area contributed by atoms with Gasteiger partial charge in [0.2, 0.25) is 5.91 Å². The Morgan fingerprint density at radius 1 is 0.808 bits per heavy atom. The second-order valence-electron chi connectivity index (χ2n) is 17.9. The van der Waals surface area contributed by atoms with Crippen LogP contribution in [0.5, 0.6) is 0 Å². The number of nitrogens with zero attached hydrogens (tertiary/aromatic N) is 1. The monoisotopic (exact) mass is 731 g/mol. The van der Waals surface area contributed by atoms with Gasteiger partial charge in [-0.2, -0.15) is 0 Å². The van der Waals surface area contributed by atoms with E-state index in [2.05, 4.69) is 39.2 Å². The predicted molar refractivity (Wildman–Crippen MR) is 215 cm³/mol. The molecule has 8 heteroatoms. The van der Waals surface area contributed by atoms with Gasteiger partial charge >= 0.3 is 0 Å². The van der Waals surface area contributed by atoms with Gasteiger partial charge in [0.05, 0.1) is 18.3 Å². The Labute approximate surface area is 319 Å². The summed E-state index contributed by atoms with van der Waals surface area (Å²) in [7, 11) is 0. The molecule has 302 valence electrons. The van der Waals surface area contributed by atoms with Gasteiger partial charge in [0.15, 0.2) is 0 Å². The number of unbranched alkanes of at least 4 members (excludes halogenated alkanes) is 5. The molecule has 0 bridgehead atoms. The van der Waals surface area contributed by atoms with Crippen LogP contribution in [0.2, 0.25) is 0 Å². The first-order valence-electron chi connectivity index (χ1n) is 22.1. The van der Waals surface area contributed by atoms with Gasteiger partial charge in [-0.1, -0.05) is 66.4 Å². The highest BCUT2D eigenvalue weighted by atomic mass is 16.5. The van der Waals surface area contributed by atoms with Crippen molar-refractivity contribution in [2.24, 2.45) is 63.5 Å². The number of hydrogen-bond donors (Lipinski definition) is 3. The fourth-order valence-corrected chi connectivity index (χ4v) is 11.9. The maximum Gasteiger partial charge on any atom is 0.245 e. The number of carbonyl (C=O) groups is 1. The molecule has 4 rings (SSSR count). The topological polar surface area (TPSA) is 126 Å². The number of rotatable bonds is 25. The summed E-state index contributed by atoms with van der Waals surface area (Å²) < 4.78 is 20.4. The Bertz CT molecular complexity index is 1050. The van der Waals surface area contributed by atoms with Crippen LogP contribution in [0.15, 0.2) is 12.7 Å². The predicted octanol–water partition coefficient (Wildman–Crippen LogP) is 7.86. The Kier molecular flexibility index (Phi) is 18.4. The van der Waals surface area contributed by atoms with Gasteiger partial charge in [0.25, 0.3) is 0 Å². The van der Waals surface area contributed by atoms with Crippen LogP contribution in [0.3, 0.4) is 0 Å². The van der Waals surface area contributed by atoms with Crippen LogP contribution in [0.1, 0.15) is 143 Å². The molecule has 4 aliphatic rings. The summed E-state index contributed by atoms with van der Waals surface area (Å²) in [5, 5.41) is 0. The van der Waals surface area contributed by atoms with E-state index in [1.165, 1.54) is 57.4 Å². The van der Waals surface area contributed by atoms with E-state index >= 15 is 0 Å². The Morgan fingerprint density at radius 2 is 1.46 bits per heavy atom. The van der Waals surface area contributed by atoms with Crippen LogP contribution >= 0.6 is 0 Å². The van der Waals surface area contributed by atoms with Gasteiger partial charge in [0.1, 0.15) is 0 Å². The maximum atomic E-state index is 12.8. The molecule has 6 N–H and O–H groups in total. The Balaban J connectivity index is 1.51. The van der Waals surface area contributed by atoms with Crippen molar-refractivity contribution in [2.45, 2.75) is 162 Å². The second-order valence-corrected chi connectivity index (χ2v) is 17.9. The first-order valence-corrected chi connectivity index (χ1v) is 22.1. The van der Waals surface area contributed by atoms with E-state index in [4.69, 9.17) is 31.4 Å². The minimum atomic E-state index is 0.0849. The van der Waals surface area contributed by atoms with Crippen LogP contribution in [0.25, 0.3) is 0 Å². The van der Waals surface area contributed by atoms with E-state index in [0.29, 0.717) is 61.2 Å². The van der Waals surface area contributed by atoms with Crippen LogP contribution in [0.4, 0.5) is 0 Å². The lowest BCUT2D eigenvalue weighted by Gasteiger charge is -2.65. The van der Waals surface area contributed by atoms with Crippen LogP contribution in [0, 0.1) is 46.3 Å². The lowest BCUT2D eigenvalue weighted by molar-refractivity contribution is -0.227. The summed E-state index contributed by atoms with van der Waals surface area (Å²) >= 11 is 0. The summed E-state index contributed by atoms with van der Waals surface area (Å²) in [5.74, 6) is 3.53. The van der Waals surface area contributed by atoms with Crippen molar-refractivity contribution in [3.05, 3.63) is 12.7 Å². The molecular formula is C44H82N4O4. The third-order valence-corrected chi connectivity index (χ3v) is 14.8. The van der Waals surface area contributed by atoms with Gasteiger partial charge < -0.3 is 36.3 Å². The Hall–Kier alpha value is -1.03. The molecule has 3 unspecified atom stereocenters. The number of amides is 1. The molecule has 0 aromatic rings. The molecule has 0 aliphatic heterocycles. The van der Waals surface area contributed by atoms with Crippen molar-refractivity contribution in [1.29, 1.82) is 0 Å². The van der Waals surface area contributed by atoms with Crippen molar-refractivity contribution in [3.8, 4) is 0 Å². The molecule has 11 atom stereocenters. The van der Waals surface area contributed by atoms with Crippen LogP contribution in [-0.4, -0.2) is 81.7 Å². The van der Waals surface area contributed by atoms with Gasteiger partial charge in [-0.15, -0.1) is 0 Å². The van der Waals surface area contributed by atoms with Crippen molar-refractivity contribution < 1.29 is 19.0 Å². The van der Waals surface area contributed by atoms with Crippen molar-refractivity contribution in [1.82, 2.24) is 4.90 Å². The zero-order valence-electron chi connectivity index (χ0n) is 34.2. The summed E-state index contributed by atoms with van der Waals surface area (Å²) in [4.78, 5) is 14.9. The molecule has 0 saturated heterocycles. The van der Waals surface area contributed by atoms with E-state index < -0.39 is 0 Å². The molecule has 4 saturated carbocycles. The van der Waals surface area contributed by atoms with Crippen LogP contribution in [-0.2, 0) is 19.0 Å². The minimum absolute atomic E-state index is 0.0849. The van der Waals surface area contributed by atoms with Gasteiger partial charge in [-0.25, -0.2) is 0 Å². The fraction of sp³-hybridized carbons (Fsp3) is 0.932. The number of carbonyl (C=O) groups excluding carboxylic acids is 1. The van der Waals surface area contributed by atoms with Crippen molar-refractivity contribution in [3.63, 3.8) is 0 Å². The SMILES string of the molecule is C=CC(=O)N(CCCCCCCC)CCC[C@@H](C)[C@H]1CC[C@H]2C3C(OCCCN)CC4C[C@H](OCCCN)CC[C@]4(C)[C@H]3C[C@H](OCCCN)[C@]12C. The minimum Gasteiger partial charge on any atom is -0.378 e. The Morgan fingerprint density at radius 3 is 2.15 bits per heavy atom. The van der Waals surface area contributed by atoms with E-state index in [1.807, 2.05) is 0 Å². The molecule has 0 radical (unpaired) electrons. The van der Waals surface area contributed by atoms with Gasteiger partial charge in [-0.3, -0.25) is 4.79 Å².